The monoisotopic (exact) mass is 556 g/mol. The molecule has 3 N–H and O–H groups in total. The van der Waals surface area contributed by atoms with E-state index in [9.17, 15) is 14.9 Å². The quantitative estimate of drug-likeness (QED) is 0.328. The second-order valence-electron chi connectivity index (χ2n) is 9.51. The van der Waals surface area contributed by atoms with E-state index in [1.165, 1.54) is 70.4 Å². The average molecular weight is 557 g/mol. The molecule has 0 aliphatic carbocycles. The van der Waals surface area contributed by atoms with Gasteiger partial charge in [-0.05, 0) is 37.3 Å². The maximum atomic E-state index is 15.0. The standard InChI is InChI=1S/C30H26F2N6O3/c1-19-18-37-27(25(17-35-37)36-28(39)20-7-12-26(41-14-13-33)21(15-20)16-34)29(40)38(19)24-10-8-23(9-11-24)30(31,32)22-5-3-2-4-6-22/h2-12,15,17,19H,13-14,18,33H2,1H3,(H,36,39)/t19-/m0/s1. The van der Waals surface area contributed by atoms with Gasteiger partial charge in [-0.1, -0.05) is 42.5 Å². The van der Waals surface area contributed by atoms with Gasteiger partial charge >= 0.3 is 0 Å². The number of rotatable bonds is 8. The Bertz CT molecular complexity index is 1630. The van der Waals surface area contributed by atoms with Crippen LogP contribution in [0, 0.1) is 11.3 Å². The number of nitrogens with zero attached hydrogens (tertiary/aromatic N) is 4. The lowest BCUT2D eigenvalue weighted by Crippen LogP contribution is -2.47. The van der Waals surface area contributed by atoms with Crippen molar-refractivity contribution in [2.24, 2.45) is 5.73 Å². The highest BCUT2D eigenvalue weighted by Gasteiger charge is 2.37. The van der Waals surface area contributed by atoms with Crippen molar-refractivity contribution in [2.75, 3.05) is 23.4 Å². The third kappa shape index (κ3) is 5.25. The van der Waals surface area contributed by atoms with Gasteiger partial charge in [0.05, 0.1) is 30.0 Å². The second kappa shape index (κ2) is 11.2. The van der Waals surface area contributed by atoms with Crippen molar-refractivity contribution in [3.8, 4) is 11.8 Å². The first-order valence-electron chi connectivity index (χ1n) is 12.9. The van der Waals surface area contributed by atoms with Gasteiger partial charge in [-0.2, -0.15) is 19.1 Å². The number of nitrogens with one attached hydrogen (secondary N) is 1. The Labute approximate surface area is 234 Å². The van der Waals surface area contributed by atoms with E-state index in [4.69, 9.17) is 10.5 Å². The zero-order chi connectivity index (χ0) is 29.1. The zero-order valence-corrected chi connectivity index (χ0v) is 22.1. The van der Waals surface area contributed by atoms with Crippen molar-refractivity contribution in [1.82, 2.24) is 9.78 Å². The van der Waals surface area contributed by atoms with Crippen LogP contribution in [0.3, 0.4) is 0 Å². The van der Waals surface area contributed by atoms with Gasteiger partial charge in [0, 0.05) is 28.9 Å². The minimum atomic E-state index is -3.20. The first-order chi connectivity index (χ1) is 19.7. The molecule has 0 radical (unpaired) electrons. The number of ether oxygens (including phenoxy) is 1. The van der Waals surface area contributed by atoms with Crippen molar-refractivity contribution in [3.05, 3.63) is 107 Å². The Morgan fingerprint density at radius 1 is 1.15 bits per heavy atom. The van der Waals surface area contributed by atoms with E-state index in [-0.39, 0.29) is 52.8 Å². The number of hydrogen-bond acceptors (Lipinski definition) is 6. The van der Waals surface area contributed by atoms with Gasteiger partial charge in [-0.15, -0.1) is 0 Å². The van der Waals surface area contributed by atoms with Gasteiger partial charge in [0.1, 0.15) is 24.1 Å². The highest BCUT2D eigenvalue weighted by atomic mass is 19.3. The number of fused-ring (bicyclic) bond motifs is 1. The number of carbonyl (C=O) groups is 2. The molecule has 0 unspecified atom stereocenters. The molecule has 11 heteroatoms. The number of anilines is 2. The molecule has 0 bridgehead atoms. The average Bonchev–Trinajstić information content (AvgIpc) is 3.38. The van der Waals surface area contributed by atoms with Crippen molar-refractivity contribution in [3.63, 3.8) is 0 Å². The fourth-order valence-electron chi connectivity index (χ4n) is 4.75. The number of aromatic nitrogens is 2. The van der Waals surface area contributed by atoms with Crippen LogP contribution in [-0.2, 0) is 12.5 Å². The number of alkyl halides is 2. The maximum Gasteiger partial charge on any atom is 0.298 e. The minimum Gasteiger partial charge on any atom is -0.491 e. The molecule has 3 aromatic carbocycles. The second-order valence-corrected chi connectivity index (χ2v) is 9.51. The summed E-state index contributed by atoms with van der Waals surface area (Å²) in [6.07, 6.45) is 1.38. The molecule has 0 spiro atoms. The smallest absolute Gasteiger partial charge is 0.298 e. The minimum absolute atomic E-state index is 0.126. The van der Waals surface area contributed by atoms with Crippen LogP contribution >= 0.6 is 0 Å². The topological polar surface area (TPSA) is 126 Å². The van der Waals surface area contributed by atoms with E-state index < -0.39 is 17.7 Å². The van der Waals surface area contributed by atoms with Crippen LogP contribution in [-0.4, -0.2) is 40.8 Å². The molecule has 0 saturated heterocycles. The molecule has 5 rings (SSSR count). The molecular weight excluding hydrogens is 530 g/mol. The van der Waals surface area contributed by atoms with Crippen LogP contribution in [0.2, 0.25) is 0 Å². The van der Waals surface area contributed by atoms with E-state index >= 15 is 8.78 Å². The lowest BCUT2D eigenvalue weighted by molar-refractivity contribution is 0.0428. The Morgan fingerprint density at radius 2 is 1.85 bits per heavy atom. The molecular formula is C30H26F2N6O3. The summed E-state index contributed by atoms with van der Waals surface area (Å²) in [6, 6.07) is 19.2. The summed E-state index contributed by atoms with van der Waals surface area (Å²) in [5, 5.41) is 16.4. The molecule has 1 atom stereocenters. The molecule has 4 aromatic rings. The summed E-state index contributed by atoms with van der Waals surface area (Å²) in [4.78, 5) is 28.2. The molecule has 1 aromatic heterocycles. The number of carbonyl (C=O) groups excluding carboxylic acids is 2. The van der Waals surface area contributed by atoms with Crippen molar-refractivity contribution >= 4 is 23.2 Å². The number of benzene rings is 3. The van der Waals surface area contributed by atoms with E-state index in [1.807, 2.05) is 13.0 Å². The lowest BCUT2D eigenvalue weighted by atomic mass is 9.99. The Hall–Kier alpha value is -5.08. The predicted octanol–water partition coefficient (Wildman–Crippen LogP) is 4.53. The van der Waals surface area contributed by atoms with Gasteiger partial charge in [-0.25, -0.2) is 0 Å². The normalized spacial score (nSPS) is 14.8. The van der Waals surface area contributed by atoms with Crippen molar-refractivity contribution < 1.29 is 23.1 Å². The molecule has 1 aliphatic heterocycles. The summed E-state index contributed by atoms with van der Waals surface area (Å²) < 4.78 is 37.0. The highest BCUT2D eigenvalue weighted by Crippen LogP contribution is 2.37. The Kier molecular flexibility index (Phi) is 7.50. The van der Waals surface area contributed by atoms with Gasteiger partial charge in [-0.3, -0.25) is 14.3 Å². The molecule has 2 heterocycles. The number of halogens is 2. The van der Waals surface area contributed by atoms with Crippen molar-refractivity contribution in [2.45, 2.75) is 25.4 Å². The van der Waals surface area contributed by atoms with Gasteiger partial charge in [0.25, 0.3) is 17.7 Å². The molecule has 9 nitrogen and oxygen atoms in total. The molecule has 2 amide bonds. The van der Waals surface area contributed by atoms with E-state index in [0.29, 0.717) is 18.0 Å². The Morgan fingerprint density at radius 3 is 2.54 bits per heavy atom. The largest absolute Gasteiger partial charge is 0.491 e. The zero-order valence-electron chi connectivity index (χ0n) is 22.1. The first-order valence-corrected chi connectivity index (χ1v) is 12.9. The summed E-state index contributed by atoms with van der Waals surface area (Å²) in [6.45, 7) is 2.64. The number of nitriles is 1. The molecule has 0 saturated carbocycles. The van der Waals surface area contributed by atoms with Crippen LogP contribution in [0.25, 0.3) is 0 Å². The third-order valence-corrected chi connectivity index (χ3v) is 6.77. The summed E-state index contributed by atoms with van der Waals surface area (Å²) in [5.41, 5.74) is 6.25. The number of hydrogen-bond donors (Lipinski definition) is 2. The maximum absolute atomic E-state index is 15.0. The molecule has 208 valence electrons. The summed E-state index contributed by atoms with van der Waals surface area (Å²) in [7, 11) is 0. The van der Waals surface area contributed by atoms with E-state index in [1.54, 1.807) is 18.2 Å². The fourth-order valence-corrected chi connectivity index (χ4v) is 4.75. The van der Waals surface area contributed by atoms with Crippen LogP contribution in [0.1, 0.15) is 44.5 Å². The van der Waals surface area contributed by atoms with E-state index in [2.05, 4.69) is 10.4 Å². The van der Waals surface area contributed by atoms with Gasteiger partial charge < -0.3 is 20.7 Å². The van der Waals surface area contributed by atoms with Gasteiger partial charge in [0.2, 0.25) is 0 Å². The predicted molar refractivity (Wildman–Crippen MR) is 148 cm³/mol. The highest BCUT2D eigenvalue weighted by molar-refractivity contribution is 6.13. The van der Waals surface area contributed by atoms with E-state index in [0.717, 1.165) is 0 Å². The van der Waals surface area contributed by atoms with Gasteiger partial charge in [0.15, 0.2) is 0 Å². The first kappa shape index (κ1) is 27.5. The van der Waals surface area contributed by atoms with Crippen LogP contribution < -0.4 is 20.7 Å². The Balaban J connectivity index is 1.38. The summed E-state index contributed by atoms with van der Waals surface area (Å²) in [5.74, 6) is -3.88. The van der Waals surface area contributed by atoms with Crippen LogP contribution in [0.4, 0.5) is 20.2 Å². The van der Waals surface area contributed by atoms with Crippen molar-refractivity contribution in [1.29, 1.82) is 5.26 Å². The van der Waals surface area contributed by atoms with Crippen LogP contribution in [0.15, 0.2) is 79.0 Å². The lowest BCUT2D eigenvalue weighted by Gasteiger charge is -2.34. The molecule has 0 fully saturated rings. The summed E-state index contributed by atoms with van der Waals surface area (Å²) >= 11 is 0. The molecule has 1 aliphatic rings. The number of nitrogens with two attached hydrogens (primary N) is 1. The number of amides is 2. The SMILES string of the molecule is C[C@H]1Cn2ncc(NC(=O)c3ccc(OCCN)c(C#N)c3)c2C(=O)N1c1ccc(C(F)(F)c2ccccc2)cc1. The third-order valence-electron chi connectivity index (χ3n) is 6.77. The van der Waals surface area contributed by atoms with Crippen LogP contribution in [0.5, 0.6) is 5.75 Å². The fraction of sp³-hybridized carbons (Fsp3) is 0.200. The molecule has 41 heavy (non-hydrogen) atoms.